The third-order valence-electron chi connectivity index (χ3n) is 10.1. The molecule has 0 unspecified atom stereocenters. The highest BCUT2D eigenvalue weighted by atomic mass is 17.0. The van der Waals surface area contributed by atoms with Crippen molar-refractivity contribution in [2.75, 3.05) is 0 Å². The van der Waals surface area contributed by atoms with Gasteiger partial charge in [0, 0.05) is 46.6 Å². The fourth-order valence-electron chi connectivity index (χ4n) is 6.47. The second kappa shape index (κ2) is 37.8. The molecule has 0 bridgehead atoms. The summed E-state index contributed by atoms with van der Waals surface area (Å²) >= 11 is 0. The SMILES string of the molecule is CCCCCCCCC(=CC#N)C(=O)OC(OC(=O)C(=CC#N)CCCCCCCC)(OC(=O)C(=CC#N)CCCCCCCC)OC(=O)C(=CC#N)CCCCCCCC. The first kappa shape index (κ1) is 55.8. The summed E-state index contributed by atoms with van der Waals surface area (Å²) in [5, 5.41) is 38.5. The molecule has 336 valence electrons. The number of nitrogens with zero attached hydrogens (tertiary/aromatic N) is 4. The van der Waals surface area contributed by atoms with Crippen molar-refractivity contribution in [3.8, 4) is 24.3 Å². The van der Waals surface area contributed by atoms with Gasteiger partial charge in [-0.25, -0.2) is 19.2 Å². The van der Waals surface area contributed by atoms with Gasteiger partial charge in [-0.2, -0.15) is 21.0 Å². The summed E-state index contributed by atoms with van der Waals surface area (Å²) in [6.45, 7) is 8.38. The summed E-state index contributed by atoms with van der Waals surface area (Å²) in [5.74, 6) is -5.08. The zero-order valence-corrected chi connectivity index (χ0v) is 37.7. The highest BCUT2D eigenvalue weighted by Gasteiger charge is 2.51. The Morgan fingerprint density at radius 1 is 0.344 bits per heavy atom. The number of hydrogen-bond donors (Lipinski definition) is 0. The van der Waals surface area contributed by atoms with E-state index >= 15 is 0 Å². The van der Waals surface area contributed by atoms with Crippen LogP contribution in [-0.4, -0.2) is 30.0 Å². The van der Waals surface area contributed by atoms with Gasteiger partial charge in [0.2, 0.25) is 0 Å². The number of ether oxygens (including phenoxy) is 4. The molecule has 0 N–H and O–H groups in total. The molecule has 0 aliphatic rings. The first-order chi connectivity index (χ1) is 29.6. The van der Waals surface area contributed by atoms with E-state index in [1.807, 2.05) is 24.3 Å². The zero-order valence-electron chi connectivity index (χ0n) is 37.7. The molecule has 0 aliphatic heterocycles. The van der Waals surface area contributed by atoms with Gasteiger partial charge in [-0.1, -0.05) is 156 Å². The van der Waals surface area contributed by atoms with Crippen LogP contribution in [0.25, 0.3) is 0 Å². The van der Waals surface area contributed by atoms with Crippen molar-refractivity contribution >= 4 is 23.9 Å². The third-order valence-corrected chi connectivity index (χ3v) is 10.1. The highest BCUT2D eigenvalue weighted by Crippen LogP contribution is 2.29. The molecule has 0 saturated heterocycles. The number of nitriles is 4. The van der Waals surface area contributed by atoms with Gasteiger partial charge >= 0.3 is 30.0 Å². The van der Waals surface area contributed by atoms with E-state index in [1.54, 1.807) is 0 Å². The van der Waals surface area contributed by atoms with Crippen LogP contribution in [0.5, 0.6) is 0 Å². The van der Waals surface area contributed by atoms with Crippen molar-refractivity contribution in [3.05, 3.63) is 46.6 Å². The zero-order chi connectivity index (χ0) is 45.4. The largest absolute Gasteiger partial charge is 0.620 e. The Labute approximate surface area is 366 Å². The monoisotopic (exact) mass is 845 g/mol. The maximum atomic E-state index is 14.0. The molecule has 0 atom stereocenters. The average Bonchev–Trinajstić information content (AvgIpc) is 3.23. The summed E-state index contributed by atoms with van der Waals surface area (Å²) < 4.78 is 22.5. The molecule has 12 nitrogen and oxygen atoms in total. The third kappa shape index (κ3) is 27.3. The minimum absolute atomic E-state index is 0.0668. The summed E-state index contributed by atoms with van der Waals surface area (Å²) in [7, 11) is 0. The van der Waals surface area contributed by atoms with Crippen LogP contribution >= 0.6 is 0 Å². The average molecular weight is 845 g/mol. The molecule has 0 spiro atoms. The van der Waals surface area contributed by atoms with Crippen LogP contribution < -0.4 is 0 Å². The van der Waals surface area contributed by atoms with Gasteiger partial charge in [-0.3, -0.25) is 0 Å². The number of allylic oxidation sites excluding steroid dienone is 4. The maximum Gasteiger partial charge on any atom is 0.620 e. The van der Waals surface area contributed by atoms with Gasteiger partial charge in [0.1, 0.15) is 0 Å². The van der Waals surface area contributed by atoms with E-state index in [9.17, 15) is 40.2 Å². The minimum Gasteiger partial charge on any atom is -0.348 e. The van der Waals surface area contributed by atoms with Crippen LogP contribution in [0.15, 0.2) is 46.6 Å². The predicted octanol–water partition coefficient (Wildman–Crippen LogP) is 12.6. The van der Waals surface area contributed by atoms with Gasteiger partial charge < -0.3 is 18.9 Å². The highest BCUT2D eigenvalue weighted by molar-refractivity contribution is 5.94. The second-order valence-electron chi connectivity index (χ2n) is 15.3. The lowest BCUT2D eigenvalue weighted by Crippen LogP contribution is -2.49. The van der Waals surface area contributed by atoms with E-state index in [-0.39, 0.29) is 48.0 Å². The van der Waals surface area contributed by atoms with Crippen LogP contribution in [0, 0.1) is 45.3 Å². The molecular formula is C49H72N4O8. The molecule has 0 aromatic carbocycles. The van der Waals surface area contributed by atoms with E-state index in [0.717, 1.165) is 153 Å². The molecule has 0 amide bonds. The number of unbranched alkanes of at least 4 members (excludes halogenated alkanes) is 20. The van der Waals surface area contributed by atoms with Crippen LogP contribution in [-0.2, 0) is 38.1 Å². The predicted molar refractivity (Wildman–Crippen MR) is 234 cm³/mol. The van der Waals surface area contributed by atoms with E-state index in [2.05, 4.69) is 27.7 Å². The summed E-state index contributed by atoms with van der Waals surface area (Å²) in [6.07, 6.45) is 21.5. The van der Waals surface area contributed by atoms with Crippen LogP contribution in [0.4, 0.5) is 0 Å². The summed E-state index contributed by atoms with van der Waals surface area (Å²) in [5.41, 5.74) is -0.648. The minimum atomic E-state index is -3.53. The normalized spacial score (nSPS) is 12.9. The fourth-order valence-corrected chi connectivity index (χ4v) is 6.47. The van der Waals surface area contributed by atoms with Crippen molar-refractivity contribution in [1.82, 2.24) is 0 Å². The van der Waals surface area contributed by atoms with Crippen molar-refractivity contribution in [2.45, 2.75) is 214 Å². The topological polar surface area (TPSA) is 200 Å². The van der Waals surface area contributed by atoms with Gasteiger partial charge in [0.05, 0.1) is 24.3 Å². The van der Waals surface area contributed by atoms with Crippen LogP contribution in [0.3, 0.4) is 0 Å². The molecule has 0 aromatic heterocycles. The molecule has 0 radical (unpaired) electrons. The van der Waals surface area contributed by atoms with Gasteiger partial charge in [0.25, 0.3) is 0 Å². The van der Waals surface area contributed by atoms with Crippen molar-refractivity contribution < 1.29 is 38.1 Å². The second-order valence-corrected chi connectivity index (χ2v) is 15.3. The molecule has 0 heterocycles. The van der Waals surface area contributed by atoms with Gasteiger partial charge in [-0.05, 0) is 51.4 Å². The Morgan fingerprint density at radius 2 is 0.525 bits per heavy atom. The number of carbonyl (C=O) groups excluding carboxylic acids is 4. The Kier molecular flexibility index (Phi) is 34.6. The first-order valence-corrected chi connectivity index (χ1v) is 22.9. The maximum absolute atomic E-state index is 14.0. The Bertz CT molecular complexity index is 1360. The lowest BCUT2D eigenvalue weighted by Gasteiger charge is -2.30. The van der Waals surface area contributed by atoms with E-state index in [1.165, 1.54) is 0 Å². The van der Waals surface area contributed by atoms with Gasteiger partial charge in [-0.15, -0.1) is 0 Å². The Hall–Kier alpha value is -5.20. The molecule has 0 rings (SSSR count). The molecule has 0 aliphatic carbocycles. The van der Waals surface area contributed by atoms with E-state index < -0.39 is 30.0 Å². The lowest BCUT2D eigenvalue weighted by atomic mass is 10.0. The Morgan fingerprint density at radius 3 is 0.705 bits per heavy atom. The molecule has 12 heteroatoms. The van der Waals surface area contributed by atoms with Crippen LogP contribution in [0.1, 0.15) is 207 Å². The fraction of sp³-hybridized carbons (Fsp3) is 0.673. The molecular weight excluding hydrogens is 773 g/mol. The molecule has 61 heavy (non-hydrogen) atoms. The quantitative estimate of drug-likeness (QED) is 0.0190. The molecule has 0 aromatic rings. The summed E-state index contributed by atoms with van der Waals surface area (Å²) in [6, 6.07) is 7.30. The number of rotatable bonds is 36. The number of hydrogen-bond acceptors (Lipinski definition) is 12. The Balaban J connectivity index is 7.24. The standard InChI is InChI=1S/C49H72N4O8/c1-5-9-13-17-21-25-29-41(33-37-50)45(54)58-49(59-46(55)42(34-38-51)30-26-22-18-14-10-6-2,60-47(56)43(35-39-52)31-27-23-19-15-11-7-3)61-48(57)44(36-40-53)32-28-24-20-16-12-8-4/h33-36H,5-32H2,1-4H3. The van der Waals surface area contributed by atoms with E-state index in [4.69, 9.17) is 18.9 Å². The number of carbonyl (C=O) groups is 4. The van der Waals surface area contributed by atoms with Gasteiger partial charge in [0.15, 0.2) is 0 Å². The smallest absolute Gasteiger partial charge is 0.348 e. The lowest BCUT2D eigenvalue weighted by molar-refractivity contribution is -0.428. The molecule has 0 saturated carbocycles. The molecule has 0 fully saturated rings. The number of esters is 4. The van der Waals surface area contributed by atoms with Crippen molar-refractivity contribution in [3.63, 3.8) is 0 Å². The van der Waals surface area contributed by atoms with Crippen LogP contribution in [0.2, 0.25) is 0 Å². The van der Waals surface area contributed by atoms with Crippen molar-refractivity contribution in [1.29, 1.82) is 21.0 Å². The summed E-state index contributed by atoms with van der Waals surface area (Å²) in [4.78, 5) is 56.1. The first-order valence-electron chi connectivity index (χ1n) is 22.9. The van der Waals surface area contributed by atoms with Crippen molar-refractivity contribution in [2.24, 2.45) is 0 Å². The van der Waals surface area contributed by atoms with E-state index in [0.29, 0.717) is 25.7 Å².